The molecular formula is C17H15F3N2O2. The van der Waals surface area contributed by atoms with Crippen molar-refractivity contribution in [3.63, 3.8) is 0 Å². The zero-order valence-corrected chi connectivity index (χ0v) is 12.6. The lowest BCUT2D eigenvalue weighted by Crippen LogP contribution is -2.43. The number of rotatable bonds is 3. The van der Waals surface area contributed by atoms with E-state index in [2.05, 4.69) is 5.10 Å². The first-order valence-electron chi connectivity index (χ1n) is 7.46. The molecule has 126 valence electrons. The van der Waals surface area contributed by atoms with E-state index in [1.54, 1.807) is 0 Å². The molecule has 0 aromatic heterocycles. The number of hydrogen-bond acceptors (Lipinski definition) is 3. The number of amides is 1. The van der Waals surface area contributed by atoms with Crippen molar-refractivity contribution in [2.45, 2.75) is 25.1 Å². The van der Waals surface area contributed by atoms with Gasteiger partial charge in [-0.1, -0.05) is 36.4 Å². The monoisotopic (exact) mass is 336 g/mol. The molecule has 2 aromatic rings. The quantitative estimate of drug-likeness (QED) is 0.936. The number of carbonyl (C=O) groups is 1. The van der Waals surface area contributed by atoms with E-state index in [0.29, 0.717) is 17.1 Å². The Hall–Kier alpha value is -2.41. The Labute approximate surface area is 136 Å². The van der Waals surface area contributed by atoms with Gasteiger partial charge in [0, 0.05) is 12.8 Å². The van der Waals surface area contributed by atoms with Gasteiger partial charge < -0.3 is 5.11 Å². The standard InChI is InChI=1S/C17H15F3N2O2/c18-17(19,20)15(23)10-22-16(24)8-7-14(21-22)13-6-5-11-3-1-2-4-12(11)9-13/h1-6,9,15,23H,7-8,10H2. The summed E-state index contributed by atoms with van der Waals surface area (Å²) in [6, 6.07) is 13.3. The summed E-state index contributed by atoms with van der Waals surface area (Å²) in [5.41, 5.74) is 1.29. The number of benzene rings is 2. The van der Waals surface area contributed by atoms with E-state index in [0.717, 1.165) is 16.3 Å². The molecule has 3 rings (SSSR count). The number of aliphatic hydroxyl groups is 1. The molecule has 1 heterocycles. The van der Waals surface area contributed by atoms with Crippen molar-refractivity contribution >= 4 is 22.4 Å². The van der Waals surface area contributed by atoms with E-state index in [1.165, 1.54) is 0 Å². The van der Waals surface area contributed by atoms with E-state index in [4.69, 9.17) is 5.11 Å². The average Bonchev–Trinajstić information content (AvgIpc) is 2.55. The smallest absolute Gasteiger partial charge is 0.382 e. The van der Waals surface area contributed by atoms with Crippen molar-refractivity contribution in [3.05, 3.63) is 48.0 Å². The summed E-state index contributed by atoms with van der Waals surface area (Å²) in [6.07, 6.45) is -6.97. The van der Waals surface area contributed by atoms with E-state index < -0.39 is 24.7 Å². The highest BCUT2D eigenvalue weighted by Gasteiger charge is 2.40. The first-order valence-corrected chi connectivity index (χ1v) is 7.46. The maximum absolute atomic E-state index is 12.5. The molecule has 0 radical (unpaired) electrons. The Morgan fingerprint density at radius 2 is 1.83 bits per heavy atom. The predicted octanol–water partition coefficient (Wildman–Crippen LogP) is 3.09. The van der Waals surface area contributed by atoms with Crippen molar-refractivity contribution in [1.82, 2.24) is 5.01 Å². The second kappa shape index (κ2) is 6.24. The molecule has 0 spiro atoms. The van der Waals surface area contributed by atoms with Crippen LogP contribution in [0.5, 0.6) is 0 Å². The SMILES string of the molecule is O=C1CCC(c2ccc3ccccc3c2)=NN1CC(O)C(F)(F)F. The molecular weight excluding hydrogens is 321 g/mol. The summed E-state index contributed by atoms with van der Waals surface area (Å²) < 4.78 is 37.5. The zero-order chi connectivity index (χ0) is 17.3. The molecule has 7 heteroatoms. The highest BCUT2D eigenvalue weighted by molar-refractivity contribution is 6.06. The van der Waals surface area contributed by atoms with Crippen LogP contribution in [0.15, 0.2) is 47.6 Å². The summed E-state index contributed by atoms with van der Waals surface area (Å²) in [7, 11) is 0. The van der Waals surface area contributed by atoms with Crippen molar-refractivity contribution in [2.75, 3.05) is 6.54 Å². The van der Waals surface area contributed by atoms with E-state index >= 15 is 0 Å². The lowest BCUT2D eigenvalue weighted by molar-refractivity contribution is -0.208. The van der Waals surface area contributed by atoms with E-state index in [1.807, 2.05) is 42.5 Å². The maximum atomic E-state index is 12.5. The third kappa shape index (κ3) is 3.41. The molecule has 2 aromatic carbocycles. The number of hydrazone groups is 1. The van der Waals surface area contributed by atoms with Gasteiger partial charge in [0.2, 0.25) is 5.91 Å². The Kier molecular flexibility index (Phi) is 4.28. The van der Waals surface area contributed by atoms with Crippen LogP contribution in [-0.2, 0) is 4.79 Å². The third-order valence-corrected chi connectivity index (χ3v) is 3.91. The Balaban J connectivity index is 1.88. The van der Waals surface area contributed by atoms with Gasteiger partial charge in [-0.05, 0) is 22.4 Å². The normalized spacial score (nSPS) is 17.1. The lowest BCUT2D eigenvalue weighted by atomic mass is 10.0. The van der Waals surface area contributed by atoms with Crippen molar-refractivity contribution < 1.29 is 23.1 Å². The van der Waals surface area contributed by atoms with E-state index in [-0.39, 0.29) is 6.42 Å². The lowest BCUT2D eigenvalue weighted by Gasteiger charge is -2.26. The molecule has 0 aliphatic carbocycles. The van der Waals surface area contributed by atoms with Crippen LogP contribution in [0.3, 0.4) is 0 Å². The van der Waals surface area contributed by atoms with Crippen molar-refractivity contribution in [1.29, 1.82) is 0 Å². The molecule has 1 unspecified atom stereocenters. The molecule has 4 nitrogen and oxygen atoms in total. The fourth-order valence-corrected chi connectivity index (χ4v) is 2.59. The Morgan fingerprint density at radius 3 is 2.54 bits per heavy atom. The van der Waals surface area contributed by atoms with Crippen molar-refractivity contribution in [3.8, 4) is 0 Å². The molecule has 1 aliphatic rings. The minimum absolute atomic E-state index is 0.0657. The number of hydrogen-bond donors (Lipinski definition) is 1. The molecule has 1 N–H and O–H groups in total. The highest BCUT2D eigenvalue weighted by atomic mass is 19.4. The number of halogens is 3. The summed E-state index contributed by atoms with van der Waals surface area (Å²) in [5, 5.41) is 15.9. The Morgan fingerprint density at radius 1 is 1.12 bits per heavy atom. The first-order chi connectivity index (χ1) is 11.3. The summed E-state index contributed by atoms with van der Waals surface area (Å²) >= 11 is 0. The van der Waals surface area contributed by atoms with Crippen LogP contribution in [0.4, 0.5) is 13.2 Å². The third-order valence-electron chi connectivity index (χ3n) is 3.91. The van der Waals surface area contributed by atoms with Crippen molar-refractivity contribution in [2.24, 2.45) is 5.10 Å². The number of β-amino-alcohol motifs (C(OH)–C–C–N with tert-alkyl or cyclic N) is 1. The van der Waals surface area contributed by atoms with Gasteiger partial charge in [0.1, 0.15) is 0 Å². The van der Waals surface area contributed by atoms with Gasteiger partial charge in [0.15, 0.2) is 6.10 Å². The maximum Gasteiger partial charge on any atom is 0.416 e. The largest absolute Gasteiger partial charge is 0.416 e. The molecule has 0 bridgehead atoms. The van der Waals surface area contributed by atoms with Crippen LogP contribution in [0.1, 0.15) is 18.4 Å². The second-order valence-electron chi connectivity index (χ2n) is 5.64. The number of carbonyl (C=O) groups excluding carboxylic acids is 1. The van der Waals surface area contributed by atoms with Crippen LogP contribution in [0.2, 0.25) is 0 Å². The number of aliphatic hydroxyl groups excluding tert-OH is 1. The molecule has 0 saturated carbocycles. The number of nitrogens with zero attached hydrogens (tertiary/aromatic N) is 2. The first kappa shape index (κ1) is 16.4. The molecule has 0 saturated heterocycles. The fraction of sp³-hybridized carbons (Fsp3) is 0.294. The summed E-state index contributed by atoms with van der Waals surface area (Å²) in [5.74, 6) is -0.525. The molecule has 24 heavy (non-hydrogen) atoms. The Bertz CT molecular complexity index is 802. The summed E-state index contributed by atoms with van der Waals surface area (Å²) in [6.45, 7) is -0.889. The number of fused-ring (bicyclic) bond motifs is 1. The van der Waals surface area contributed by atoms with Gasteiger partial charge in [-0.2, -0.15) is 18.3 Å². The predicted molar refractivity (Wildman–Crippen MR) is 83.5 cm³/mol. The molecule has 1 aliphatic heterocycles. The van der Waals surface area contributed by atoms with Gasteiger partial charge in [0.05, 0.1) is 12.3 Å². The van der Waals surface area contributed by atoms with Gasteiger partial charge in [-0.15, -0.1) is 0 Å². The molecule has 0 fully saturated rings. The number of alkyl halides is 3. The molecule has 1 atom stereocenters. The van der Waals surface area contributed by atoms with Gasteiger partial charge in [-0.3, -0.25) is 4.79 Å². The van der Waals surface area contributed by atoms with Gasteiger partial charge in [-0.25, -0.2) is 5.01 Å². The fourth-order valence-electron chi connectivity index (χ4n) is 2.59. The highest BCUT2D eigenvalue weighted by Crippen LogP contribution is 2.24. The van der Waals surface area contributed by atoms with E-state index in [9.17, 15) is 18.0 Å². The van der Waals surface area contributed by atoms with Crippen LogP contribution >= 0.6 is 0 Å². The average molecular weight is 336 g/mol. The second-order valence-corrected chi connectivity index (χ2v) is 5.64. The van der Waals surface area contributed by atoms with Crippen LogP contribution < -0.4 is 0 Å². The summed E-state index contributed by atoms with van der Waals surface area (Å²) in [4.78, 5) is 11.8. The van der Waals surface area contributed by atoms with Gasteiger partial charge >= 0.3 is 6.18 Å². The minimum Gasteiger partial charge on any atom is -0.382 e. The molecule has 1 amide bonds. The van der Waals surface area contributed by atoms with Crippen LogP contribution in [0, 0.1) is 0 Å². The van der Waals surface area contributed by atoms with Gasteiger partial charge in [0.25, 0.3) is 0 Å². The topological polar surface area (TPSA) is 52.9 Å². The minimum atomic E-state index is -4.78. The zero-order valence-electron chi connectivity index (χ0n) is 12.6. The van der Waals surface area contributed by atoms with Crippen LogP contribution in [-0.4, -0.2) is 40.6 Å². The van der Waals surface area contributed by atoms with Crippen LogP contribution in [0.25, 0.3) is 10.8 Å².